The summed E-state index contributed by atoms with van der Waals surface area (Å²) in [5.41, 5.74) is 0.971. The van der Waals surface area contributed by atoms with E-state index in [0.717, 1.165) is 10.9 Å². The van der Waals surface area contributed by atoms with Crippen LogP contribution in [-0.2, 0) is 0 Å². The normalized spacial score (nSPS) is 14.5. The van der Waals surface area contributed by atoms with Crippen LogP contribution in [-0.4, -0.2) is 51.1 Å². The molecule has 1 aliphatic heterocycles. The molecule has 3 heterocycles. The van der Waals surface area contributed by atoms with Crippen LogP contribution in [0.3, 0.4) is 0 Å². The number of hydrogen-bond donors (Lipinski definition) is 3. The molecule has 1 aliphatic rings. The van der Waals surface area contributed by atoms with E-state index < -0.39 is 17.4 Å². The molecular formula is C23H19F2N7O. The van der Waals surface area contributed by atoms with Crippen LogP contribution in [0.4, 0.5) is 20.5 Å². The van der Waals surface area contributed by atoms with E-state index in [4.69, 9.17) is 0 Å². The van der Waals surface area contributed by atoms with Gasteiger partial charge < -0.3 is 10.6 Å². The lowest BCUT2D eigenvalue weighted by molar-refractivity contribution is 0.102. The molecule has 0 atom stereocenters. The molecule has 4 aromatic rings. The highest BCUT2D eigenvalue weighted by Gasteiger charge is 2.36. The van der Waals surface area contributed by atoms with Gasteiger partial charge in [0.1, 0.15) is 11.6 Å². The maximum absolute atomic E-state index is 14.2. The number of aromatic nitrogens is 4. The predicted octanol–water partition coefficient (Wildman–Crippen LogP) is 3.20. The molecular weight excluding hydrogens is 428 g/mol. The molecule has 10 heteroatoms. The van der Waals surface area contributed by atoms with Crippen LogP contribution in [0.5, 0.6) is 0 Å². The maximum Gasteiger partial charge on any atom is 0.258 e. The largest absolute Gasteiger partial charge is 0.365 e. The predicted molar refractivity (Wildman–Crippen MR) is 120 cm³/mol. The lowest BCUT2D eigenvalue weighted by Gasteiger charge is -2.35. The Bertz CT molecular complexity index is 1330. The first kappa shape index (κ1) is 20.8. The summed E-state index contributed by atoms with van der Waals surface area (Å²) < 4.78 is 27.3. The number of rotatable bonds is 6. The summed E-state index contributed by atoms with van der Waals surface area (Å²) >= 11 is 0. The van der Waals surface area contributed by atoms with Crippen molar-refractivity contribution < 1.29 is 13.6 Å². The Hall–Kier alpha value is -4.05. The van der Waals surface area contributed by atoms with Crippen LogP contribution < -0.4 is 16.0 Å². The smallest absolute Gasteiger partial charge is 0.258 e. The molecule has 33 heavy (non-hydrogen) atoms. The van der Waals surface area contributed by atoms with Crippen molar-refractivity contribution >= 4 is 28.6 Å². The number of amides is 1. The lowest BCUT2D eigenvalue weighted by atomic mass is 10.00. The molecule has 1 fully saturated rings. The van der Waals surface area contributed by atoms with Crippen LogP contribution >= 0.6 is 0 Å². The molecule has 2 aromatic heterocycles. The molecule has 1 saturated heterocycles. The molecule has 1 amide bonds. The Balaban J connectivity index is 1.36. The van der Waals surface area contributed by atoms with E-state index in [1.54, 1.807) is 18.6 Å². The van der Waals surface area contributed by atoms with E-state index in [0.29, 0.717) is 35.7 Å². The Morgan fingerprint density at radius 1 is 1.06 bits per heavy atom. The van der Waals surface area contributed by atoms with Crippen LogP contribution in [0.1, 0.15) is 10.4 Å². The summed E-state index contributed by atoms with van der Waals surface area (Å²) in [6.45, 7) is 0.787. The van der Waals surface area contributed by atoms with Gasteiger partial charge in [0.25, 0.3) is 5.91 Å². The van der Waals surface area contributed by atoms with Crippen molar-refractivity contribution in [1.29, 1.82) is 0 Å². The quantitative estimate of drug-likeness (QED) is 0.417. The van der Waals surface area contributed by atoms with Crippen molar-refractivity contribution in [3.63, 3.8) is 0 Å². The van der Waals surface area contributed by atoms with Gasteiger partial charge >= 0.3 is 0 Å². The number of anilines is 2. The first-order valence-corrected chi connectivity index (χ1v) is 10.3. The van der Waals surface area contributed by atoms with Crippen LogP contribution in [0.25, 0.3) is 22.2 Å². The van der Waals surface area contributed by atoms with Gasteiger partial charge in [-0.3, -0.25) is 15.1 Å². The zero-order valence-corrected chi connectivity index (χ0v) is 17.3. The number of nitrogens with one attached hydrogen (secondary N) is 3. The van der Waals surface area contributed by atoms with Gasteiger partial charge in [0.15, 0.2) is 5.67 Å². The number of fused-ring (bicyclic) bond motifs is 1. The van der Waals surface area contributed by atoms with Gasteiger partial charge in [-0.25, -0.2) is 23.7 Å². The van der Waals surface area contributed by atoms with E-state index in [2.05, 4.69) is 35.9 Å². The average Bonchev–Trinajstić information content (AvgIpc) is 2.81. The van der Waals surface area contributed by atoms with Gasteiger partial charge in [-0.1, -0.05) is 12.1 Å². The first-order chi connectivity index (χ1) is 16.0. The summed E-state index contributed by atoms with van der Waals surface area (Å²) in [5, 5.41) is 9.31. The lowest BCUT2D eigenvalue weighted by Crippen LogP contribution is -2.59. The van der Waals surface area contributed by atoms with Crippen LogP contribution in [0, 0.1) is 5.82 Å². The molecule has 2 aromatic carbocycles. The minimum absolute atomic E-state index is 0.123. The Morgan fingerprint density at radius 2 is 1.88 bits per heavy atom. The van der Waals surface area contributed by atoms with Gasteiger partial charge in [-0.15, -0.1) is 0 Å². The molecule has 0 bridgehead atoms. The van der Waals surface area contributed by atoms with Gasteiger partial charge in [-0.05, 0) is 30.3 Å². The SMILES string of the molecule is O=C(Nc1ncc2ccc(-c3cncc(NCC4(F)CNC4)n3)cc2n1)c1ccc(F)cc1. The second-order valence-electron chi connectivity index (χ2n) is 7.83. The van der Waals surface area contributed by atoms with E-state index in [-0.39, 0.29) is 12.5 Å². The van der Waals surface area contributed by atoms with E-state index in [9.17, 15) is 13.6 Å². The third kappa shape index (κ3) is 4.60. The summed E-state index contributed by atoms with van der Waals surface area (Å²) in [6.07, 6.45) is 4.76. The van der Waals surface area contributed by atoms with Gasteiger partial charge in [0.2, 0.25) is 5.95 Å². The molecule has 3 N–H and O–H groups in total. The highest BCUT2D eigenvalue weighted by atomic mass is 19.1. The Kier molecular flexibility index (Phi) is 5.35. The minimum Gasteiger partial charge on any atom is -0.365 e. The van der Waals surface area contributed by atoms with Crippen molar-refractivity contribution in [3.8, 4) is 11.3 Å². The topological polar surface area (TPSA) is 105 Å². The van der Waals surface area contributed by atoms with E-state index >= 15 is 0 Å². The van der Waals surface area contributed by atoms with Gasteiger partial charge in [0.05, 0.1) is 30.1 Å². The zero-order valence-electron chi connectivity index (χ0n) is 17.3. The number of alkyl halides is 1. The summed E-state index contributed by atoms with van der Waals surface area (Å²) in [7, 11) is 0. The summed E-state index contributed by atoms with van der Waals surface area (Å²) in [4.78, 5) is 29.7. The fraction of sp³-hybridized carbons (Fsp3) is 0.174. The molecule has 8 nitrogen and oxygen atoms in total. The zero-order chi connectivity index (χ0) is 22.8. The minimum atomic E-state index is -1.27. The maximum atomic E-state index is 14.2. The summed E-state index contributed by atoms with van der Waals surface area (Å²) in [5.74, 6) is -0.264. The monoisotopic (exact) mass is 447 g/mol. The molecule has 5 rings (SSSR count). The number of benzene rings is 2. The van der Waals surface area contributed by atoms with Gasteiger partial charge in [0, 0.05) is 35.8 Å². The van der Waals surface area contributed by atoms with Crippen molar-refractivity contribution in [2.24, 2.45) is 0 Å². The van der Waals surface area contributed by atoms with Crippen molar-refractivity contribution in [1.82, 2.24) is 25.3 Å². The second kappa shape index (κ2) is 8.47. The van der Waals surface area contributed by atoms with Gasteiger partial charge in [-0.2, -0.15) is 0 Å². The highest BCUT2D eigenvalue weighted by Crippen LogP contribution is 2.24. The van der Waals surface area contributed by atoms with Crippen LogP contribution in [0.15, 0.2) is 61.1 Å². The van der Waals surface area contributed by atoms with E-state index in [1.165, 1.54) is 24.3 Å². The number of nitrogens with zero attached hydrogens (tertiary/aromatic N) is 4. The average molecular weight is 447 g/mol. The molecule has 0 saturated carbocycles. The molecule has 0 radical (unpaired) electrons. The third-order valence-corrected chi connectivity index (χ3v) is 5.31. The first-order valence-electron chi connectivity index (χ1n) is 10.3. The summed E-state index contributed by atoms with van der Waals surface area (Å²) in [6, 6.07) is 10.7. The van der Waals surface area contributed by atoms with Crippen molar-refractivity contribution in [2.45, 2.75) is 5.67 Å². The second-order valence-corrected chi connectivity index (χ2v) is 7.83. The number of halogens is 2. The molecule has 166 valence electrons. The Morgan fingerprint density at radius 3 is 2.64 bits per heavy atom. The van der Waals surface area contributed by atoms with Crippen LogP contribution in [0.2, 0.25) is 0 Å². The highest BCUT2D eigenvalue weighted by molar-refractivity contribution is 6.03. The van der Waals surface area contributed by atoms with E-state index in [1.807, 2.05) is 18.2 Å². The number of hydrogen-bond acceptors (Lipinski definition) is 7. The fourth-order valence-corrected chi connectivity index (χ4v) is 3.38. The number of carbonyl (C=O) groups excluding carboxylic acids is 1. The van der Waals surface area contributed by atoms with Crippen molar-refractivity contribution in [3.05, 3.63) is 72.4 Å². The van der Waals surface area contributed by atoms with Crippen molar-refractivity contribution in [2.75, 3.05) is 30.3 Å². The standard InChI is InChI=1S/C23H19F2N7O/c24-17-5-3-14(4-6-17)21(33)32-22-28-8-16-2-1-15(7-18(16)31-22)19-9-26-10-20(30-19)29-13-23(25)11-27-12-23/h1-10,27H,11-13H2,(H,29,30)(H,28,31,32,33). The fourth-order valence-electron chi connectivity index (χ4n) is 3.38. The molecule has 0 aliphatic carbocycles. The number of carbonyl (C=O) groups is 1. The molecule has 0 unspecified atom stereocenters. The third-order valence-electron chi connectivity index (χ3n) is 5.31. The Labute approximate surface area is 187 Å². The molecule has 0 spiro atoms.